The third-order valence-corrected chi connectivity index (χ3v) is 9.92. The van der Waals surface area contributed by atoms with Gasteiger partial charge in [0.25, 0.3) is 0 Å². The smallest absolute Gasteiger partial charge is 0.331 e. The Kier molecular flexibility index (Phi) is 4.12. The zero-order chi connectivity index (χ0) is 19.9. The fourth-order valence-corrected chi connectivity index (χ4v) is 8.47. The maximum Gasteiger partial charge on any atom is 0.331 e. The number of cyclic esters (lactones) is 1. The van der Waals surface area contributed by atoms with Gasteiger partial charge in [-0.3, -0.25) is 0 Å². The lowest BCUT2D eigenvalue weighted by molar-refractivity contribution is -0.208. The molecule has 4 fully saturated rings. The summed E-state index contributed by atoms with van der Waals surface area (Å²) in [6.45, 7) is 4.77. The van der Waals surface area contributed by atoms with Crippen LogP contribution in [0, 0.1) is 34.5 Å². The minimum atomic E-state index is -0.906. The van der Waals surface area contributed by atoms with E-state index in [9.17, 15) is 20.1 Å². The summed E-state index contributed by atoms with van der Waals surface area (Å²) in [6.07, 6.45) is 7.87. The molecule has 28 heavy (non-hydrogen) atoms. The second-order valence-corrected chi connectivity index (χ2v) is 10.9. The molecule has 1 aliphatic heterocycles. The van der Waals surface area contributed by atoms with Crippen LogP contribution in [0.15, 0.2) is 11.6 Å². The molecule has 3 N–H and O–H groups in total. The second-order valence-electron chi connectivity index (χ2n) is 10.9. The average Bonchev–Trinajstić information content (AvgIpc) is 3.13. The van der Waals surface area contributed by atoms with Crippen LogP contribution < -0.4 is 0 Å². The Hall–Kier alpha value is -0.910. The standard InChI is InChI=1S/C23H34O5/c1-21-7-5-15(24)10-14(21)3-4-17-16(21)6-8-22(2)20(13-9-19(26)28-12-13)18(25)11-23(17,22)27/h9,14-18,20,24-25,27H,3-8,10-12H2,1-2H3/t14-,15?,16+,17-,18+,20+,21+,22-,23+/m1/s1. The number of rotatable bonds is 1. The summed E-state index contributed by atoms with van der Waals surface area (Å²) in [6, 6.07) is 0. The first-order valence-corrected chi connectivity index (χ1v) is 11.1. The Morgan fingerprint density at radius 3 is 2.57 bits per heavy atom. The van der Waals surface area contributed by atoms with Crippen molar-refractivity contribution in [1.29, 1.82) is 0 Å². The number of fused-ring (bicyclic) bond motifs is 5. The predicted octanol–water partition coefficient (Wildman–Crippen LogP) is 2.58. The molecule has 0 amide bonds. The number of esters is 1. The Morgan fingerprint density at radius 2 is 1.86 bits per heavy atom. The lowest BCUT2D eigenvalue weighted by Crippen LogP contribution is -2.62. The van der Waals surface area contributed by atoms with Crippen molar-refractivity contribution in [3.05, 3.63) is 11.6 Å². The van der Waals surface area contributed by atoms with Gasteiger partial charge in [0, 0.05) is 23.8 Å². The fourth-order valence-electron chi connectivity index (χ4n) is 8.47. The van der Waals surface area contributed by atoms with Crippen LogP contribution in [0.2, 0.25) is 0 Å². The van der Waals surface area contributed by atoms with Crippen molar-refractivity contribution >= 4 is 5.97 Å². The molecule has 0 bridgehead atoms. The molecule has 0 radical (unpaired) electrons. The van der Waals surface area contributed by atoms with Crippen LogP contribution in [0.3, 0.4) is 0 Å². The molecule has 4 saturated carbocycles. The zero-order valence-electron chi connectivity index (χ0n) is 17.1. The summed E-state index contributed by atoms with van der Waals surface area (Å²) in [5, 5.41) is 33.3. The molecule has 0 aromatic carbocycles. The number of aliphatic hydroxyl groups is 3. The molecule has 5 nitrogen and oxygen atoms in total. The molecule has 1 unspecified atom stereocenters. The first-order chi connectivity index (χ1) is 13.2. The van der Waals surface area contributed by atoms with Crippen molar-refractivity contribution in [1.82, 2.24) is 0 Å². The molecular formula is C23H34O5. The van der Waals surface area contributed by atoms with E-state index < -0.39 is 17.1 Å². The van der Waals surface area contributed by atoms with Gasteiger partial charge in [-0.05, 0) is 73.7 Å². The van der Waals surface area contributed by atoms with Gasteiger partial charge in [-0.2, -0.15) is 0 Å². The first kappa shape index (κ1) is 19.1. The Morgan fingerprint density at radius 1 is 1.07 bits per heavy atom. The molecule has 1 heterocycles. The Labute approximate surface area is 167 Å². The second kappa shape index (κ2) is 6.05. The van der Waals surface area contributed by atoms with Gasteiger partial charge in [0.05, 0.1) is 17.8 Å². The lowest BCUT2D eigenvalue weighted by Gasteiger charge is -2.63. The maximum atomic E-state index is 12.1. The van der Waals surface area contributed by atoms with E-state index in [-0.39, 0.29) is 35.9 Å². The van der Waals surface area contributed by atoms with Crippen molar-refractivity contribution in [2.45, 2.75) is 83.0 Å². The molecule has 0 aromatic rings. The van der Waals surface area contributed by atoms with Crippen molar-refractivity contribution in [3.63, 3.8) is 0 Å². The highest BCUT2D eigenvalue weighted by atomic mass is 16.5. The monoisotopic (exact) mass is 390 g/mol. The van der Waals surface area contributed by atoms with Crippen LogP contribution in [-0.2, 0) is 9.53 Å². The number of hydrogen-bond acceptors (Lipinski definition) is 5. The molecule has 9 atom stereocenters. The van der Waals surface area contributed by atoms with Gasteiger partial charge in [0.1, 0.15) is 6.61 Å². The number of ether oxygens (including phenoxy) is 1. The highest BCUT2D eigenvalue weighted by molar-refractivity contribution is 5.85. The first-order valence-electron chi connectivity index (χ1n) is 11.1. The molecule has 0 saturated heterocycles. The molecular weight excluding hydrogens is 356 g/mol. The summed E-state index contributed by atoms with van der Waals surface area (Å²) < 4.78 is 5.14. The summed E-state index contributed by atoms with van der Waals surface area (Å²) in [7, 11) is 0. The van der Waals surface area contributed by atoms with E-state index in [2.05, 4.69) is 13.8 Å². The zero-order valence-corrected chi connectivity index (χ0v) is 17.1. The van der Waals surface area contributed by atoms with Crippen LogP contribution in [0.4, 0.5) is 0 Å². The SMILES string of the molecule is C[C@]12CCC(O)C[C@H]1CC[C@@H]1[C@@H]2CC[C@]2(C)[C@@H](C3=CC(=O)OC3)[C@@H](O)C[C@]12O. The molecule has 156 valence electrons. The van der Waals surface area contributed by atoms with E-state index in [0.717, 1.165) is 50.5 Å². The summed E-state index contributed by atoms with van der Waals surface area (Å²) in [5.74, 6) is 0.627. The number of carbonyl (C=O) groups excluding carboxylic acids is 1. The number of carbonyl (C=O) groups is 1. The van der Waals surface area contributed by atoms with Crippen molar-refractivity contribution in [2.24, 2.45) is 34.5 Å². The molecule has 0 spiro atoms. The van der Waals surface area contributed by atoms with Gasteiger partial charge >= 0.3 is 5.97 Å². The van der Waals surface area contributed by atoms with Crippen LogP contribution in [-0.4, -0.2) is 45.7 Å². The predicted molar refractivity (Wildman–Crippen MR) is 103 cm³/mol. The van der Waals surface area contributed by atoms with Gasteiger partial charge < -0.3 is 20.1 Å². The molecule has 5 heteroatoms. The Bertz CT molecular complexity index is 718. The lowest BCUT2D eigenvalue weighted by atomic mass is 9.43. The summed E-state index contributed by atoms with van der Waals surface area (Å²) >= 11 is 0. The third-order valence-electron chi connectivity index (χ3n) is 9.92. The van der Waals surface area contributed by atoms with Gasteiger partial charge in [-0.15, -0.1) is 0 Å². The largest absolute Gasteiger partial charge is 0.458 e. The van der Waals surface area contributed by atoms with E-state index in [0.29, 0.717) is 18.3 Å². The van der Waals surface area contributed by atoms with Crippen LogP contribution in [0.5, 0.6) is 0 Å². The molecule has 4 aliphatic carbocycles. The topological polar surface area (TPSA) is 87.0 Å². The van der Waals surface area contributed by atoms with Crippen molar-refractivity contribution in [3.8, 4) is 0 Å². The van der Waals surface area contributed by atoms with Gasteiger partial charge in [-0.25, -0.2) is 4.79 Å². The van der Waals surface area contributed by atoms with E-state index in [1.54, 1.807) is 0 Å². The highest BCUT2D eigenvalue weighted by Crippen LogP contribution is 2.69. The third kappa shape index (κ3) is 2.33. The quantitative estimate of drug-likeness (QED) is 0.599. The van der Waals surface area contributed by atoms with Crippen molar-refractivity contribution < 1.29 is 24.9 Å². The summed E-state index contributed by atoms with van der Waals surface area (Å²) in [4.78, 5) is 11.7. The van der Waals surface area contributed by atoms with E-state index in [1.165, 1.54) is 6.08 Å². The van der Waals surface area contributed by atoms with Crippen LogP contribution in [0.1, 0.15) is 65.2 Å². The van der Waals surface area contributed by atoms with E-state index >= 15 is 0 Å². The normalized spacial score (nSPS) is 55.8. The average molecular weight is 391 g/mol. The Balaban J connectivity index is 1.50. The van der Waals surface area contributed by atoms with Crippen molar-refractivity contribution in [2.75, 3.05) is 6.61 Å². The van der Waals surface area contributed by atoms with Crippen LogP contribution >= 0.6 is 0 Å². The van der Waals surface area contributed by atoms with E-state index in [4.69, 9.17) is 4.74 Å². The number of hydrogen-bond donors (Lipinski definition) is 3. The molecule has 5 aliphatic rings. The minimum Gasteiger partial charge on any atom is -0.458 e. The number of aliphatic hydroxyl groups excluding tert-OH is 2. The van der Waals surface area contributed by atoms with Gasteiger partial charge in [0.15, 0.2) is 0 Å². The van der Waals surface area contributed by atoms with Crippen LogP contribution in [0.25, 0.3) is 0 Å². The minimum absolute atomic E-state index is 0.170. The summed E-state index contributed by atoms with van der Waals surface area (Å²) in [5.41, 5.74) is -0.301. The molecule has 0 aromatic heterocycles. The van der Waals surface area contributed by atoms with Gasteiger partial charge in [-0.1, -0.05) is 13.8 Å². The molecule has 5 rings (SSSR count). The highest BCUT2D eigenvalue weighted by Gasteiger charge is 2.70. The maximum absolute atomic E-state index is 12.1. The van der Waals surface area contributed by atoms with E-state index in [1.807, 2.05) is 0 Å². The fraction of sp³-hybridized carbons (Fsp3) is 0.870. The van der Waals surface area contributed by atoms with Gasteiger partial charge in [0.2, 0.25) is 0 Å².